The van der Waals surface area contributed by atoms with Gasteiger partial charge in [0.15, 0.2) is 17.2 Å². The molecule has 0 aliphatic carbocycles. The number of hydrogen-bond acceptors (Lipinski definition) is 7. The monoisotopic (exact) mass is 300 g/mol. The van der Waals surface area contributed by atoms with Gasteiger partial charge in [-0.05, 0) is 0 Å². The number of quaternary nitrogens is 2. The quantitative estimate of drug-likeness (QED) is 0.172. The topological polar surface area (TPSA) is 175 Å². The minimum atomic E-state index is -1.15. The molecule has 20 heavy (non-hydrogen) atoms. The van der Waals surface area contributed by atoms with E-state index >= 15 is 0 Å². The summed E-state index contributed by atoms with van der Waals surface area (Å²) in [6.07, 6.45) is -0.872. The molecule has 0 heterocycles. The molecule has 0 spiro atoms. The molecule has 0 aromatic heterocycles. The van der Waals surface area contributed by atoms with Gasteiger partial charge in [-0.3, -0.25) is 0 Å². The zero-order valence-corrected chi connectivity index (χ0v) is 11.5. The molecule has 9 heteroatoms. The molecule has 122 valence electrons. The lowest BCUT2D eigenvalue weighted by atomic mass is 10.0. The molecule has 0 atom stereocenters. The first-order valence-corrected chi connectivity index (χ1v) is 6.49. The molecule has 0 rings (SSSR count). The number of aliphatic hydroxyl groups is 7. The molecule has 0 aromatic rings. The Morgan fingerprint density at radius 1 is 0.600 bits per heavy atom. The Bertz CT molecular complexity index is 206. The van der Waals surface area contributed by atoms with Crippen molar-refractivity contribution < 1.29 is 46.4 Å². The van der Waals surface area contributed by atoms with Gasteiger partial charge in [0.1, 0.15) is 52.7 Å². The van der Waals surface area contributed by atoms with Crippen LogP contribution < -0.4 is 10.6 Å². The van der Waals surface area contributed by atoms with Crippen molar-refractivity contribution in [1.82, 2.24) is 0 Å². The molecule has 0 amide bonds. The maximum atomic E-state index is 9.80. The molecule has 0 radical (unpaired) electrons. The van der Waals surface area contributed by atoms with Crippen molar-refractivity contribution in [3.63, 3.8) is 0 Å². The average Bonchev–Trinajstić information content (AvgIpc) is 2.51. The lowest BCUT2D eigenvalue weighted by Crippen LogP contribution is -3.05. The van der Waals surface area contributed by atoms with Crippen LogP contribution in [0.5, 0.6) is 0 Å². The number of rotatable bonds is 12. The molecule has 0 aromatic carbocycles. The largest absolute Gasteiger partial charge is 0.390 e. The van der Waals surface area contributed by atoms with Gasteiger partial charge in [-0.15, -0.1) is 0 Å². The fourth-order valence-corrected chi connectivity index (χ4v) is 1.56. The first kappa shape index (κ1) is 19.6. The fraction of sp³-hybridized carbons (Fsp3) is 1.00. The summed E-state index contributed by atoms with van der Waals surface area (Å²) >= 11 is 0. The summed E-state index contributed by atoms with van der Waals surface area (Å²) in [5.41, 5.74) is -2.30. The van der Waals surface area contributed by atoms with Crippen LogP contribution in [0.15, 0.2) is 0 Å². The van der Waals surface area contributed by atoms with Crippen molar-refractivity contribution in [2.24, 2.45) is 0 Å². The highest BCUT2D eigenvalue weighted by Crippen LogP contribution is 1.94. The van der Waals surface area contributed by atoms with Crippen LogP contribution in [0.4, 0.5) is 0 Å². The van der Waals surface area contributed by atoms with Crippen LogP contribution in [-0.2, 0) is 0 Å². The Balaban J connectivity index is 4.26. The summed E-state index contributed by atoms with van der Waals surface area (Å²) in [7, 11) is 0. The van der Waals surface area contributed by atoms with Crippen LogP contribution in [0.25, 0.3) is 0 Å². The summed E-state index contributed by atoms with van der Waals surface area (Å²) in [5.74, 6) is 0. The highest BCUT2D eigenvalue weighted by molar-refractivity contribution is 4.75. The lowest BCUT2D eigenvalue weighted by Gasteiger charge is -2.28. The van der Waals surface area contributed by atoms with E-state index in [-0.39, 0.29) is 13.1 Å². The Morgan fingerprint density at radius 3 is 1.05 bits per heavy atom. The third kappa shape index (κ3) is 5.56. The van der Waals surface area contributed by atoms with E-state index in [0.717, 1.165) is 0 Å². The molecule has 0 fully saturated rings. The molecule has 9 nitrogen and oxygen atoms in total. The minimum Gasteiger partial charge on any atom is -0.390 e. The number of aliphatic hydroxyl groups excluding tert-OH is 7. The second-order valence-corrected chi connectivity index (χ2v) is 5.21. The molecule has 11 N–H and O–H groups in total. The van der Waals surface area contributed by atoms with Gasteiger partial charge < -0.3 is 46.4 Å². The second-order valence-electron chi connectivity index (χ2n) is 5.21. The van der Waals surface area contributed by atoms with Gasteiger partial charge >= 0.3 is 0 Å². The molecular weight excluding hydrogens is 272 g/mol. The van der Waals surface area contributed by atoms with Crippen molar-refractivity contribution >= 4 is 0 Å². The fourth-order valence-electron chi connectivity index (χ4n) is 1.56. The van der Waals surface area contributed by atoms with Gasteiger partial charge in [-0.25, -0.2) is 0 Å². The molecule has 0 saturated carbocycles. The zero-order valence-electron chi connectivity index (χ0n) is 11.5. The van der Waals surface area contributed by atoms with Gasteiger partial charge in [-0.1, -0.05) is 0 Å². The van der Waals surface area contributed by atoms with Gasteiger partial charge in [0.2, 0.25) is 0 Å². The average molecular weight is 300 g/mol. The Hall–Kier alpha value is -0.360. The highest BCUT2D eigenvalue weighted by Gasteiger charge is 2.35. The van der Waals surface area contributed by atoms with Crippen molar-refractivity contribution in [3.8, 4) is 0 Å². The van der Waals surface area contributed by atoms with Gasteiger partial charge in [0, 0.05) is 0 Å². The van der Waals surface area contributed by atoms with Crippen molar-refractivity contribution in [2.45, 2.75) is 17.2 Å². The lowest BCUT2D eigenvalue weighted by molar-refractivity contribution is -0.762. The van der Waals surface area contributed by atoms with Crippen molar-refractivity contribution in [1.29, 1.82) is 0 Å². The first-order chi connectivity index (χ1) is 9.46. The SMILES string of the molecule is OCC(CO)(CO)[NH2+]CC(O)C[NH2+]C(CO)(CO)CO. The van der Waals surface area contributed by atoms with Crippen LogP contribution in [-0.4, -0.2) is 106 Å². The molecular formula is C11H28N2O7+2. The molecule has 0 aliphatic heterocycles. The highest BCUT2D eigenvalue weighted by atomic mass is 16.3. The summed E-state index contributed by atoms with van der Waals surface area (Å²) in [6, 6.07) is 0. The van der Waals surface area contributed by atoms with Gasteiger partial charge in [0.25, 0.3) is 0 Å². The van der Waals surface area contributed by atoms with Crippen molar-refractivity contribution in [3.05, 3.63) is 0 Å². The zero-order chi connectivity index (χ0) is 15.6. The Kier molecular flexibility index (Phi) is 9.38. The molecule has 0 aliphatic rings. The Labute approximate surface area is 117 Å². The van der Waals surface area contributed by atoms with E-state index in [1.54, 1.807) is 0 Å². The predicted octanol–water partition coefficient (Wildman–Crippen LogP) is -7.09. The van der Waals surface area contributed by atoms with E-state index in [0.29, 0.717) is 0 Å². The third-order valence-corrected chi connectivity index (χ3v) is 3.54. The van der Waals surface area contributed by atoms with E-state index in [1.165, 1.54) is 10.6 Å². The minimum absolute atomic E-state index is 0.108. The summed E-state index contributed by atoms with van der Waals surface area (Å²) < 4.78 is 0. The maximum absolute atomic E-state index is 9.80. The van der Waals surface area contributed by atoms with Crippen LogP contribution >= 0.6 is 0 Å². The molecule has 0 saturated heterocycles. The summed E-state index contributed by atoms with van der Waals surface area (Å²) in [5, 5.41) is 67.4. The van der Waals surface area contributed by atoms with Gasteiger partial charge in [-0.2, -0.15) is 0 Å². The van der Waals surface area contributed by atoms with E-state index < -0.39 is 56.8 Å². The molecule has 0 bridgehead atoms. The number of nitrogens with two attached hydrogens (primary N) is 2. The van der Waals surface area contributed by atoms with Crippen LogP contribution in [0, 0.1) is 0 Å². The van der Waals surface area contributed by atoms with E-state index in [9.17, 15) is 5.11 Å². The smallest absolute Gasteiger partial charge is 0.166 e. The third-order valence-electron chi connectivity index (χ3n) is 3.54. The summed E-state index contributed by atoms with van der Waals surface area (Å²) in [4.78, 5) is 0. The van der Waals surface area contributed by atoms with Crippen LogP contribution in [0.3, 0.4) is 0 Å². The van der Waals surface area contributed by atoms with Crippen LogP contribution in [0.2, 0.25) is 0 Å². The number of hydrogen-bond donors (Lipinski definition) is 9. The molecule has 0 unspecified atom stereocenters. The first-order valence-electron chi connectivity index (χ1n) is 6.49. The van der Waals surface area contributed by atoms with Gasteiger partial charge in [0.05, 0.1) is 0 Å². The predicted molar refractivity (Wildman–Crippen MR) is 67.6 cm³/mol. The van der Waals surface area contributed by atoms with E-state index in [2.05, 4.69) is 0 Å². The normalized spacial score (nSPS) is 13.2. The van der Waals surface area contributed by atoms with Crippen molar-refractivity contribution in [2.75, 3.05) is 52.7 Å². The van der Waals surface area contributed by atoms with E-state index in [1.807, 2.05) is 0 Å². The van der Waals surface area contributed by atoms with Crippen LogP contribution in [0.1, 0.15) is 0 Å². The summed E-state index contributed by atoms with van der Waals surface area (Å²) in [6.45, 7) is -2.43. The standard InChI is InChI=1S/C11H26N2O7/c14-3-10(4-15,5-16)12-1-9(20)2-13-11(6-17,7-18)8-19/h9,12-20H,1-8H2/p+2. The maximum Gasteiger partial charge on any atom is 0.166 e. The second kappa shape index (κ2) is 9.55. The van der Waals surface area contributed by atoms with E-state index in [4.69, 9.17) is 30.6 Å². The Morgan fingerprint density at radius 2 is 0.850 bits per heavy atom.